The Labute approximate surface area is 507 Å². The van der Waals surface area contributed by atoms with Gasteiger partial charge in [0.1, 0.15) is 13.2 Å². The Hall–Kier alpha value is -3.01. The van der Waals surface area contributed by atoms with Crippen molar-refractivity contribution in [1.29, 1.82) is 0 Å². The van der Waals surface area contributed by atoms with Crippen LogP contribution in [-0.4, -0.2) is 82.3 Å². The van der Waals surface area contributed by atoms with Gasteiger partial charge in [-0.2, -0.15) is 0 Å². The third kappa shape index (κ3) is 64.5. The molecule has 82 heavy (non-hydrogen) atoms. The van der Waals surface area contributed by atoms with Gasteiger partial charge >= 0.3 is 11.9 Å². The van der Waals surface area contributed by atoms with Gasteiger partial charge in [0.25, 0.3) is 0 Å². The third-order valence-electron chi connectivity index (χ3n) is 15.5. The number of rotatable bonds is 65. The zero-order chi connectivity index (χ0) is 59.8. The summed E-state index contributed by atoms with van der Waals surface area (Å²) in [6.45, 7) is 4.75. The maximum absolute atomic E-state index is 12.9. The first-order chi connectivity index (χ1) is 40.1. The van der Waals surface area contributed by atoms with E-state index in [1.165, 1.54) is 231 Å². The van der Waals surface area contributed by atoms with Crippen molar-refractivity contribution >= 4 is 17.9 Å². The van der Waals surface area contributed by atoms with Gasteiger partial charge in [0.2, 0.25) is 0 Å². The summed E-state index contributed by atoms with van der Waals surface area (Å²) in [5.74, 6) is -2.28. The lowest BCUT2D eigenvalue weighted by atomic mass is 10.0. The van der Waals surface area contributed by atoms with Crippen LogP contribution in [0.4, 0.5) is 0 Å². The third-order valence-corrected chi connectivity index (χ3v) is 15.5. The van der Waals surface area contributed by atoms with E-state index in [0.717, 1.165) is 64.2 Å². The molecule has 0 aromatic rings. The Bertz CT molecular complexity index is 1530. The number of hydrogen-bond acceptors (Lipinski definition) is 8. The molecule has 0 heterocycles. The second-order valence-electron chi connectivity index (χ2n) is 24.8. The predicted molar refractivity (Wildman–Crippen MR) is 348 cm³/mol. The first kappa shape index (κ1) is 79.0. The van der Waals surface area contributed by atoms with E-state index in [1.54, 1.807) is 0 Å². The van der Waals surface area contributed by atoms with Gasteiger partial charge in [-0.3, -0.25) is 9.59 Å². The molecule has 9 nitrogen and oxygen atoms in total. The monoisotopic (exact) mass is 1150 g/mol. The second-order valence-corrected chi connectivity index (χ2v) is 24.8. The van der Waals surface area contributed by atoms with Crippen LogP contribution >= 0.6 is 0 Å². The molecular formula is C73H133NO8. The molecular weight excluding hydrogens is 1020 g/mol. The number of esters is 2. The molecule has 0 aromatic carbocycles. The number of carbonyl (C=O) groups is 3. The van der Waals surface area contributed by atoms with E-state index in [0.29, 0.717) is 17.4 Å². The van der Waals surface area contributed by atoms with E-state index in [2.05, 4.69) is 74.6 Å². The van der Waals surface area contributed by atoms with Crippen LogP contribution in [-0.2, 0) is 33.3 Å². The summed E-state index contributed by atoms with van der Waals surface area (Å²) >= 11 is 0. The summed E-state index contributed by atoms with van der Waals surface area (Å²) in [5.41, 5.74) is 0. The van der Waals surface area contributed by atoms with Gasteiger partial charge < -0.3 is 33.3 Å². The maximum Gasteiger partial charge on any atom is 0.306 e. The van der Waals surface area contributed by atoms with E-state index in [9.17, 15) is 19.5 Å². The summed E-state index contributed by atoms with van der Waals surface area (Å²) in [5, 5.41) is 11.8. The standard InChI is InChI=1S/C73H133NO8/c1-6-8-10-12-14-16-18-20-22-24-26-27-28-29-30-31-32-33-34-35-36-37-38-39-40-41-42-43-44-45-46-48-50-52-54-56-58-60-62-64-71(76)82-69(68-81-73(72(77)78)79-66-65-74(3,4)5)67-80-70(75)63-61-59-57-55-53-51-49-47-25-23-21-19-17-15-13-11-9-7-2/h17-20,23-26,28-29,69,73H,6-16,21-22,27,30-68H2,1-5H3/b19-17-,20-18-,25-23-,26-24-,29-28-. The zero-order valence-corrected chi connectivity index (χ0v) is 54.6. The van der Waals surface area contributed by atoms with Crippen molar-refractivity contribution in [2.24, 2.45) is 0 Å². The van der Waals surface area contributed by atoms with E-state index in [-0.39, 0.29) is 38.6 Å². The number of carbonyl (C=O) groups excluding carboxylic acids is 3. The van der Waals surface area contributed by atoms with E-state index in [4.69, 9.17) is 18.9 Å². The van der Waals surface area contributed by atoms with Crippen molar-refractivity contribution in [2.75, 3.05) is 47.5 Å². The highest BCUT2D eigenvalue weighted by Gasteiger charge is 2.22. The lowest BCUT2D eigenvalue weighted by Gasteiger charge is -2.26. The highest BCUT2D eigenvalue weighted by molar-refractivity contribution is 5.70. The van der Waals surface area contributed by atoms with Crippen molar-refractivity contribution < 1.29 is 42.9 Å². The van der Waals surface area contributed by atoms with Gasteiger partial charge in [-0.15, -0.1) is 0 Å². The van der Waals surface area contributed by atoms with E-state index < -0.39 is 24.3 Å². The van der Waals surface area contributed by atoms with Crippen LogP contribution in [0.2, 0.25) is 0 Å². The van der Waals surface area contributed by atoms with Crippen LogP contribution in [0.15, 0.2) is 60.8 Å². The van der Waals surface area contributed by atoms with Gasteiger partial charge in [0.15, 0.2) is 12.4 Å². The quantitative estimate of drug-likeness (QED) is 0.0195. The van der Waals surface area contributed by atoms with Gasteiger partial charge in [0, 0.05) is 12.8 Å². The molecule has 0 radical (unpaired) electrons. The Morgan fingerprint density at radius 2 is 0.659 bits per heavy atom. The molecule has 478 valence electrons. The molecule has 0 bridgehead atoms. The SMILES string of the molecule is CCCCCC/C=C\C/C=C\CCCCCCCCCC(=O)OCC(COC(OCC[N+](C)(C)C)C(=O)[O-])OC(=O)CCCCCCCCCCCCCCCCCCCCCCCCCC/C=C\C/C=C\C/C=C\CCCCCCC. The molecule has 0 spiro atoms. The Morgan fingerprint density at radius 3 is 0.988 bits per heavy atom. The minimum atomic E-state index is -1.62. The number of hydrogen-bond donors (Lipinski definition) is 0. The van der Waals surface area contributed by atoms with Crippen LogP contribution in [0, 0.1) is 0 Å². The van der Waals surface area contributed by atoms with Crippen molar-refractivity contribution in [2.45, 2.75) is 341 Å². The molecule has 9 heteroatoms. The topological polar surface area (TPSA) is 111 Å². The summed E-state index contributed by atoms with van der Waals surface area (Å²) in [6.07, 6.45) is 80.3. The van der Waals surface area contributed by atoms with Gasteiger partial charge in [-0.1, -0.05) is 293 Å². The van der Waals surface area contributed by atoms with E-state index >= 15 is 0 Å². The molecule has 0 fully saturated rings. The van der Waals surface area contributed by atoms with Crippen LogP contribution in [0.5, 0.6) is 0 Å². The number of carboxylic acids is 1. The molecule has 0 N–H and O–H groups in total. The number of aliphatic carboxylic acids is 1. The Morgan fingerprint density at radius 1 is 0.366 bits per heavy atom. The molecule has 0 aromatic heterocycles. The average Bonchev–Trinajstić information content (AvgIpc) is 3.47. The number of allylic oxidation sites excluding steroid dienone is 10. The second kappa shape index (κ2) is 64.0. The molecule has 2 atom stereocenters. The van der Waals surface area contributed by atoms with Crippen LogP contribution < -0.4 is 5.11 Å². The Kier molecular flexibility index (Phi) is 61.6. The number of likely N-dealkylation sites (N-methyl/N-ethyl adjacent to an activating group) is 1. The van der Waals surface area contributed by atoms with Crippen LogP contribution in [0.3, 0.4) is 0 Å². The highest BCUT2D eigenvalue weighted by Crippen LogP contribution is 2.18. The van der Waals surface area contributed by atoms with Crippen LogP contribution in [0.25, 0.3) is 0 Å². The molecule has 0 amide bonds. The highest BCUT2D eigenvalue weighted by atomic mass is 16.7. The lowest BCUT2D eigenvalue weighted by molar-refractivity contribution is -0.870. The fourth-order valence-corrected chi connectivity index (χ4v) is 10.1. The fourth-order valence-electron chi connectivity index (χ4n) is 10.1. The summed E-state index contributed by atoms with van der Waals surface area (Å²) in [7, 11) is 5.93. The summed E-state index contributed by atoms with van der Waals surface area (Å²) in [4.78, 5) is 37.4. The minimum Gasteiger partial charge on any atom is -0.545 e. The van der Waals surface area contributed by atoms with Crippen molar-refractivity contribution in [1.82, 2.24) is 0 Å². The van der Waals surface area contributed by atoms with Crippen molar-refractivity contribution in [3.8, 4) is 0 Å². The number of carboxylic acid groups (broad SMARTS) is 1. The number of quaternary nitrogens is 1. The van der Waals surface area contributed by atoms with Gasteiger partial charge in [-0.25, -0.2) is 0 Å². The van der Waals surface area contributed by atoms with Crippen LogP contribution in [0.1, 0.15) is 328 Å². The molecule has 0 aliphatic rings. The molecule has 0 aliphatic heterocycles. The molecule has 0 saturated carbocycles. The lowest BCUT2D eigenvalue weighted by Crippen LogP contribution is -2.44. The van der Waals surface area contributed by atoms with Crippen molar-refractivity contribution in [3.05, 3.63) is 60.8 Å². The zero-order valence-electron chi connectivity index (χ0n) is 54.6. The predicted octanol–water partition coefficient (Wildman–Crippen LogP) is 20.2. The number of unbranched alkanes of at least 4 members (excludes halogenated alkanes) is 40. The summed E-state index contributed by atoms with van der Waals surface area (Å²) in [6, 6.07) is 0. The summed E-state index contributed by atoms with van der Waals surface area (Å²) < 4.78 is 22.8. The normalized spacial score (nSPS) is 13.0. The van der Waals surface area contributed by atoms with Crippen molar-refractivity contribution in [3.63, 3.8) is 0 Å². The van der Waals surface area contributed by atoms with E-state index in [1.807, 2.05) is 21.1 Å². The molecule has 0 rings (SSSR count). The molecule has 0 aliphatic carbocycles. The maximum atomic E-state index is 12.9. The van der Waals surface area contributed by atoms with Gasteiger partial charge in [0.05, 0.1) is 40.3 Å². The number of ether oxygens (including phenoxy) is 4. The first-order valence-electron chi connectivity index (χ1n) is 34.9. The molecule has 2 unspecified atom stereocenters. The smallest absolute Gasteiger partial charge is 0.306 e. The number of nitrogens with zero attached hydrogens (tertiary/aromatic N) is 1. The fraction of sp³-hybridized carbons (Fsp3) is 0.822. The minimum absolute atomic E-state index is 0.147. The largest absolute Gasteiger partial charge is 0.545 e. The average molecular weight is 1150 g/mol. The van der Waals surface area contributed by atoms with Gasteiger partial charge in [-0.05, 0) is 83.5 Å². The Balaban J connectivity index is 3.99. The first-order valence-corrected chi connectivity index (χ1v) is 34.9. The molecule has 0 saturated heterocycles.